The van der Waals surface area contributed by atoms with Crippen LogP contribution in [0.15, 0.2) is 16.7 Å². The summed E-state index contributed by atoms with van der Waals surface area (Å²) in [6.45, 7) is 3.74. The topological polar surface area (TPSA) is 34.1 Å². The van der Waals surface area contributed by atoms with Crippen LogP contribution in [-0.2, 0) is 6.54 Å². The molecular weight excluding hydrogens is 280 g/mol. The van der Waals surface area contributed by atoms with Crippen LogP contribution in [0.2, 0.25) is 0 Å². The van der Waals surface area contributed by atoms with Gasteiger partial charge in [-0.15, -0.1) is 0 Å². The van der Waals surface area contributed by atoms with Gasteiger partial charge in [-0.1, -0.05) is 26.2 Å². The van der Waals surface area contributed by atoms with E-state index in [-0.39, 0.29) is 0 Å². The van der Waals surface area contributed by atoms with E-state index in [2.05, 4.69) is 33.2 Å². The molecule has 3 nitrogen and oxygen atoms in total. The van der Waals surface area contributed by atoms with Crippen molar-refractivity contribution in [2.75, 3.05) is 13.7 Å². The first kappa shape index (κ1) is 14.5. The SMILES string of the molecule is CCCCCCOc1ncc(Br)cc1CNC. The first-order valence-corrected chi connectivity index (χ1v) is 6.99. The lowest BCUT2D eigenvalue weighted by atomic mass is 10.2. The molecule has 96 valence electrons. The quantitative estimate of drug-likeness (QED) is 0.746. The normalized spacial score (nSPS) is 10.5. The van der Waals surface area contributed by atoms with Crippen LogP contribution in [0.1, 0.15) is 38.2 Å². The summed E-state index contributed by atoms with van der Waals surface area (Å²) in [6.07, 6.45) is 6.64. The molecule has 4 heteroatoms. The van der Waals surface area contributed by atoms with Crippen molar-refractivity contribution in [2.45, 2.75) is 39.2 Å². The number of hydrogen-bond acceptors (Lipinski definition) is 3. The minimum atomic E-state index is 0.749. The Balaban J connectivity index is 2.45. The van der Waals surface area contributed by atoms with E-state index in [9.17, 15) is 0 Å². The molecule has 0 aliphatic rings. The Kier molecular flexibility index (Phi) is 7.21. The van der Waals surface area contributed by atoms with Crippen molar-refractivity contribution in [2.24, 2.45) is 0 Å². The maximum atomic E-state index is 5.72. The summed E-state index contributed by atoms with van der Waals surface area (Å²) in [5.41, 5.74) is 1.09. The second-order valence-corrected chi connectivity index (χ2v) is 4.97. The highest BCUT2D eigenvalue weighted by atomic mass is 79.9. The summed E-state index contributed by atoms with van der Waals surface area (Å²) < 4.78 is 6.71. The molecule has 0 atom stereocenters. The van der Waals surface area contributed by atoms with Gasteiger partial charge in [0.2, 0.25) is 5.88 Å². The zero-order chi connectivity index (χ0) is 12.5. The van der Waals surface area contributed by atoms with E-state index in [4.69, 9.17) is 4.74 Å². The molecule has 0 unspecified atom stereocenters. The lowest BCUT2D eigenvalue weighted by Gasteiger charge is -2.10. The number of rotatable bonds is 8. The molecule has 0 aliphatic heterocycles. The number of halogens is 1. The van der Waals surface area contributed by atoms with E-state index in [1.807, 2.05) is 13.1 Å². The van der Waals surface area contributed by atoms with E-state index in [1.54, 1.807) is 6.20 Å². The first-order chi connectivity index (χ1) is 8.27. The van der Waals surface area contributed by atoms with Gasteiger partial charge in [0.25, 0.3) is 0 Å². The van der Waals surface area contributed by atoms with Crippen LogP contribution in [0.25, 0.3) is 0 Å². The zero-order valence-electron chi connectivity index (χ0n) is 10.6. The number of nitrogens with one attached hydrogen (secondary N) is 1. The summed E-state index contributed by atoms with van der Waals surface area (Å²) >= 11 is 3.42. The third kappa shape index (κ3) is 5.50. The van der Waals surface area contributed by atoms with Gasteiger partial charge in [0, 0.05) is 22.8 Å². The average Bonchev–Trinajstić information content (AvgIpc) is 2.32. The average molecular weight is 301 g/mol. The minimum Gasteiger partial charge on any atom is -0.477 e. The number of unbranched alkanes of at least 4 members (excludes halogenated alkanes) is 3. The van der Waals surface area contributed by atoms with E-state index in [0.29, 0.717) is 0 Å². The van der Waals surface area contributed by atoms with Gasteiger partial charge in [-0.2, -0.15) is 0 Å². The van der Waals surface area contributed by atoms with Gasteiger partial charge in [0.1, 0.15) is 0 Å². The zero-order valence-corrected chi connectivity index (χ0v) is 12.2. The molecule has 0 amide bonds. The molecule has 0 saturated heterocycles. The molecule has 1 rings (SSSR count). The number of pyridine rings is 1. The van der Waals surface area contributed by atoms with E-state index < -0.39 is 0 Å². The van der Waals surface area contributed by atoms with Crippen LogP contribution < -0.4 is 10.1 Å². The number of hydrogen-bond donors (Lipinski definition) is 1. The van der Waals surface area contributed by atoms with Crippen molar-refractivity contribution >= 4 is 15.9 Å². The van der Waals surface area contributed by atoms with Crippen molar-refractivity contribution in [3.63, 3.8) is 0 Å². The molecule has 0 bridgehead atoms. The highest BCUT2D eigenvalue weighted by molar-refractivity contribution is 9.10. The van der Waals surface area contributed by atoms with Crippen molar-refractivity contribution < 1.29 is 4.74 Å². The van der Waals surface area contributed by atoms with Gasteiger partial charge in [0.05, 0.1) is 6.61 Å². The second kappa shape index (κ2) is 8.48. The lowest BCUT2D eigenvalue weighted by Crippen LogP contribution is -2.09. The molecule has 0 fully saturated rings. The Bertz CT molecular complexity index is 331. The minimum absolute atomic E-state index is 0.749. The summed E-state index contributed by atoms with van der Waals surface area (Å²) in [6, 6.07) is 2.05. The van der Waals surface area contributed by atoms with Gasteiger partial charge in [-0.3, -0.25) is 0 Å². The van der Waals surface area contributed by atoms with Crippen LogP contribution >= 0.6 is 15.9 Å². The van der Waals surface area contributed by atoms with Crippen molar-refractivity contribution in [3.8, 4) is 5.88 Å². The van der Waals surface area contributed by atoms with Gasteiger partial charge < -0.3 is 10.1 Å². The van der Waals surface area contributed by atoms with Crippen molar-refractivity contribution in [1.29, 1.82) is 0 Å². The van der Waals surface area contributed by atoms with Crippen molar-refractivity contribution in [1.82, 2.24) is 10.3 Å². The third-order valence-electron chi connectivity index (χ3n) is 2.50. The summed E-state index contributed by atoms with van der Waals surface area (Å²) in [5, 5.41) is 3.12. The van der Waals surface area contributed by atoms with Gasteiger partial charge in [0.15, 0.2) is 0 Å². The largest absolute Gasteiger partial charge is 0.477 e. The fourth-order valence-corrected chi connectivity index (χ4v) is 1.99. The molecule has 17 heavy (non-hydrogen) atoms. The highest BCUT2D eigenvalue weighted by Gasteiger charge is 2.05. The standard InChI is InChI=1S/C13H21BrN2O/c1-3-4-5-6-7-17-13-11(9-15-2)8-12(14)10-16-13/h8,10,15H,3-7,9H2,1-2H3. The second-order valence-electron chi connectivity index (χ2n) is 4.06. The fraction of sp³-hybridized carbons (Fsp3) is 0.615. The van der Waals surface area contributed by atoms with Crippen LogP contribution in [0, 0.1) is 0 Å². The smallest absolute Gasteiger partial charge is 0.217 e. The Hall–Kier alpha value is -0.610. The highest BCUT2D eigenvalue weighted by Crippen LogP contribution is 2.20. The van der Waals surface area contributed by atoms with Gasteiger partial charge >= 0.3 is 0 Å². The molecule has 1 heterocycles. The van der Waals surface area contributed by atoms with Crippen LogP contribution in [0.3, 0.4) is 0 Å². The Morgan fingerprint density at radius 1 is 1.35 bits per heavy atom. The molecule has 0 radical (unpaired) electrons. The van der Waals surface area contributed by atoms with Crippen LogP contribution in [0.4, 0.5) is 0 Å². The van der Waals surface area contributed by atoms with Gasteiger partial charge in [-0.05, 0) is 35.5 Å². The van der Waals surface area contributed by atoms with E-state index in [1.165, 1.54) is 19.3 Å². The fourth-order valence-electron chi connectivity index (χ4n) is 1.61. The Morgan fingerprint density at radius 2 is 2.18 bits per heavy atom. The van der Waals surface area contributed by atoms with Crippen LogP contribution in [-0.4, -0.2) is 18.6 Å². The lowest BCUT2D eigenvalue weighted by molar-refractivity contribution is 0.290. The Labute approximate surface area is 112 Å². The number of aromatic nitrogens is 1. The first-order valence-electron chi connectivity index (χ1n) is 6.19. The monoisotopic (exact) mass is 300 g/mol. The Morgan fingerprint density at radius 3 is 2.88 bits per heavy atom. The third-order valence-corrected chi connectivity index (χ3v) is 2.93. The molecule has 1 N–H and O–H groups in total. The number of ether oxygens (including phenoxy) is 1. The van der Waals surface area contributed by atoms with Crippen LogP contribution in [0.5, 0.6) is 5.88 Å². The summed E-state index contributed by atoms with van der Waals surface area (Å²) in [5.74, 6) is 0.749. The maximum Gasteiger partial charge on any atom is 0.217 e. The molecular formula is C13H21BrN2O. The molecule has 0 spiro atoms. The molecule has 0 saturated carbocycles. The van der Waals surface area contributed by atoms with Crippen molar-refractivity contribution in [3.05, 3.63) is 22.3 Å². The number of nitrogens with zero attached hydrogens (tertiary/aromatic N) is 1. The predicted molar refractivity (Wildman–Crippen MR) is 74.3 cm³/mol. The predicted octanol–water partition coefficient (Wildman–Crippen LogP) is 3.52. The molecule has 1 aromatic heterocycles. The maximum absolute atomic E-state index is 5.72. The molecule has 1 aromatic rings. The summed E-state index contributed by atoms with van der Waals surface area (Å²) in [7, 11) is 1.92. The van der Waals surface area contributed by atoms with E-state index in [0.717, 1.165) is 35.5 Å². The van der Waals surface area contributed by atoms with Gasteiger partial charge in [-0.25, -0.2) is 4.98 Å². The molecule has 0 aromatic carbocycles. The molecule has 0 aliphatic carbocycles. The van der Waals surface area contributed by atoms with E-state index >= 15 is 0 Å². The summed E-state index contributed by atoms with van der Waals surface area (Å²) in [4.78, 5) is 4.31.